The number of morpholine rings is 1. The molecule has 4 nitrogen and oxygen atoms in total. The van der Waals surface area contributed by atoms with E-state index in [4.69, 9.17) is 10.1 Å². The maximum Gasteiger partial charge on any atom is 0.195 e. The van der Waals surface area contributed by atoms with Crippen molar-refractivity contribution >= 4 is 11.6 Å². The van der Waals surface area contributed by atoms with Gasteiger partial charge in [0, 0.05) is 18.8 Å². The maximum atomic E-state index is 7.88. The Morgan fingerprint density at radius 1 is 1.20 bits per heavy atom. The Bertz CT molecular complexity index is 320. The number of anilines is 1. The Labute approximate surface area is 89.4 Å². The lowest BCUT2D eigenvalue weighted by Gasteiger charge is -2.29. The van der Waals surface area contributed by atoms with Crippen LogP contribution in [0.15, 0.2) is 30.3 Å². The largest absolute Gasteiger partial charge is 0.378 e. The van der Waals surface area contributed by atoms with Crippen LogP contribution in [0.1, 0.15) is 0 Å². The molecule has 0 unspecified atom stereocenters. The van der Waals surface area contributed by atoms with Gasteiger partial charge in [-0.15, -0.1) is 0 Å². The zero-order chi connectivity index (χ0) is 10.5. The summed E-state index contributed by atoms with van der Waals surface area (Å²) in [6.07, 6.45) is 0. The van der Waals surface area contributed by atoms with E-state index in [1.807, 2.05) is 35.2 Å². The first-order chi connectivity index (χ1) is 7.36. The first kappa shape index (κ1) is 9.98. The number of guanidine groups is 1. The number of ether oxygens (including phenoxy) is 1. The molecule has 0 amide bonds. The molecule has 4 heteroatoms. The molecule has 1 aromatic rings. The molecule has 0 saturated carbocycles. The number of para-hydroxylation sites is 1. The van der Waals surface area contributed by atoms with Gasteiger partial charge in [-0.05, 0) is 12.1 Å². The van der Waals surface area contributed by atoms with Crippen LogP contribution in [0.25, 0.3) is 0 Å². The summed E-state index contributed by atoms with van der Waals surface area (Å²) in [4.78, 5) is 1.98. The number of hydrogen-bond donors (Lipinski definition) is 2. The van der Waals surface area contributed by atoms with E-state index >= 15 is 0 Å². The second-order valence-corrected chi connectivity index (χ2v) is 3.44. The molecule has 80 valence electrons. The van der Waals surface area contributed by atoms with Crippen LogP contribution in [0, 0.1) is 5.41 Å². The van der Waals surface area contributed by atoms with E-state index in [0.29, 0.717) is 19.2 Å². The fraction of sp³-hybridized carbons (Fsp3) is 0.364. The molecule has 1 aromatic carbocycles. The molecule has 0 aliphatic carbocycles. The lowest BCUT2D eigenvalue weighted by Crippen LogP contribution is -2.43. The minimum atomic E-state index is 0.449. The third kappa shape index (κ3) is 2.70. The highest BCUT2D eigenvalue weighted by Gasteiger charge is 2.13. The van der Waals surface area contributed by atoms with Gasteiger partial charge in [-0.3, -0.25) is 5.41 Å². The summed E-state index contributed by atoms with van der Waals surface area (Å²) >= 11 is 0. The van der Waals surface area contributed by atoms with Crippen molar-refractivity contribution in [3.8, 4) is 0 Å². The molecule has 0 bridgehead atoms. The van der Waals surface area contributed by atoms with Crippen molar-refractivity contribution in [2.24, 2.45) is 0 Å². The summed E-state index contributed by atoms with van der Waals surface area (Å²) in [6.45, 7) is 3.00. The number of rotatable bonds is 1. The second-order valence-electron chi connectivity index (χ2n) is 3.44. The highest BCUT2D eigenvalue weighted by molar-refractivity contribution is 5.91. The quantitative estimate of drug-likeness (QED) is 0.537. The fourth-order valence-electron chi connectivity index (χ4n) is 1.52. The monoisotopic (exact) mass is 205 g/mol. The van der Waals surface area contributed by atoms with Crippen molar-refractivity contribution in [1.82, 2.24) is 4.90 Å². The van der Waals surface area contributed by atoms with Gasteiger partial charge < -0.3 is 15.0 Å². The predicted octanol–water partition coefficient (Wildman–Crippen LogP) is 1.37. The van der Waals surface area contributed by atoms with Crippen LogP contribution < -0.4 is 5.32 Å². The van der Waals surface area contributed by atoms with Crippen LogP contribution in [0.5, 0.6) is 0 Å². The Kier molecular flexibility index (Phi) is 3.19. The third-order valence-electron chi connectivity index (χ3n) is 2.36. The van der Waals surface area contributed by atoms with Crippen LogP contribution in [-0.4, -0.2) is 37.2 Å². The van der Waals surface area contributed by atoms with Crippen molar-refractivity contribution in [2.75, 3.05) is 31.6 Å². The minimum absolute atomic E-state index is 0.449. The lowest BCUT2D eigenvalue weighted by molar-refractivity contribution is 0.0677. The van der Waals surface area contributed by atoms with Crippen molar-refractivity contribution in [1.29, 1.82) is 5.41 Å². The molecule has 0 atom stereocenters. The molecule has 2 N–H and O–H groups in total. The minimum Gasteiger partial charge on any atom is -0.378 e. The Hall–Kier alpha value is -1.55. The Balaban J connectivity index is 1.91. The van der Waals surface area contributed by atoms with Gasteiger partial charge in [0.1, 0.15) is 0 Å². The molecular formula is C11H15N3O. The van der Waals surface area contributed by atoms with Gasteiger partial charge in [0.2, 0.25) is 0 Å². The summed E-state index contributed by atoms with van der Waals surface area (Å²) in [5.41, 5.74) is 0.953. The predicted molar refractivity (Wildman–Crippen MR) is 60.2 cm³/mol. The van der Waals surface area contributed by atoms with Gasteiger partial charge in [-0.25, -0.2) is 0 Å². The van der Waals surface area contributed by atoms with E-state index in [-0.39, 0.29) is 0 Å². The molecule has 2 rings (SSSR count). The number of nitrogens with one attached hydrogen (secondary N) is 2. The first-order valence-corrected chi connectivity index (χ1v) is 5.09. The molecule has 15 heavy (non-hydrogen) atoms. The molecule has 1 aliphatic heterocycles. The van der Waals surface area contributed by atoms with Crippen molar-refractivity contribution in [2.45, 2.75) is 0 Å². The van der Waals surface area contributed by atoms with E-state index in [2.05, 4.69) is 5.32 Å². The van der Waals surface area contributed by atoms with E-state index in [1.165, 1.54) is 0 Å². The van der Waals surface area contributed by atoms with Crippen LogP contribution in [-0.2, 0) is 4.74 Å². The van der Waals surface area contributed by atoms with Crippen LogP contribution >= 0.6 is 0 Å². The standard InChI is InChI=1S/C11H15N3O/c12-11(14-6-8-15-9-7-14)13-10-4-2-1-3-5-10/h1-5H,6-9H2,(H2,12,13). The Morgan fingerprint density at radius 3 is 2.53 bits per heavy atom. The van der Waals surface area contributed by atoms with Gasteiger partial charge in [-0.1, -0.05) is 18.2 Å². The first-order valence-electron chi connectivity index (χ1n) is 5.09. The molecule has 0 aromatic heterocycles. The maximum absolute atomic E-state index is 7.88. The Morgan fingerprint density at radius 2 is 1.87 bits per heavy atom. The van der Waals surface area contributed by atoms with Crippen LogP contribution in [0.3, 0.4) is 0 Å². The summed E-state index contributed by atoms with van der Waals surface area (Å²) in [6, 6.07) is 9.78. The molecule has 1 fully saturated rings. The van der Waals surface area contributed by atoms with Crippen LogP contribution in [0.2, 0.25) is 0 Å². The summed E-state index contributed by atoms with van der Waals surface area (Å²) in [5, 5.41) is 10.9. The second kappa shape index (κ2) is 4.79. The molecule has 0 radical (unpaired) electrons. The molecule has 0 spiro atoms. The van der Waals surface area contributed by atoms with E-state index < -0.39 is 0 Å². The zero-order valence-electron chi connectivity index (χ0n) is 8.57. The van der Waals surface area contributed by atoms with Gasteiger partial charge in [0.15, 0.2) is 5.96 Å². The SMILES string of the molecule is N=C(Nc1ccccc1)N1CCOCC1. The van der Waals surface area contributed by atoms with Crippen molar-refractivity contribution < 1.29 is 4.74 Å². The number of benzene rings is 1. The van der Waals surface area contributed by atoms with Gasteiger partial charge >= 0.3 is 0 Å². The van der Waals surface area contributed by atoms with Crippen molar-refractivity contribution in [3.63, 3.8) is 0 Å². The van der Waals surface area contributed by atoms with Gasteiger partial charge in [0.05, 0.1) is 13.2 Å². The molecular weight excluding hydrogens is 190 g/mol. The smallest absolute Gasteiger partial charge is 0.195 e. The normalized spacial score (nSPS) is 16.1. The number of hydrogen-bond acceptors (Lipinski definition) is 2. The van der Waals surface area contributed by atoms with E-state index in [1.54, 1.807) is 0 Å². The number of nitrogens with zero attached hydrogens (tertiary/aromatic N) is 1. The highest BCUT2D eigenvalue weighted by atomic mass is 16.5. The average molecular weight is 205 g/mol. The summed E-state index contributed by atoms with van der Waals surface area (Å²) < 4.78 is 5.23. The molecule has 1 heterocycles. The summed E-state index contributed by atoms with van der Waals surface area (Å²) in [7, 11) is 0. The topological polar surface area (TPSA) is 48.4 Å². The third-order valence-corrected chi connectivity index (χ3v) is 2.36. The summed E-state index contributed by atoms with van der Waals surface area (Å²) in [5.74, 6) is 0.449. The highest BCUT2D eigenvalue weighted by Crippen LogP contribution is 2.06. The van der Waals surface area contributed by atoms with Gasteiger partial charge in [0.25, 0.3) is 0 Å². The van der Waals surface area contributed by atoms with E-state index in [0.717, 1.165) is 18.8 Å². The average Bonchev–Trinajstić information content (AvgIpc) is 2.31. The molecule has 1 saturated heterocycles. The molecule has 1 aliphatic rings. The zero-order valence-corrected chi connectivity index (χ0v) is 8.57. The van der Waals surface area contributed by atoms with Crippen molar-refractivity contribution in [3.05, 3.63) is 30.3 Å². The fourth-order valence-corrected chi connectivity index (χ4v) is 1.52. The lowest BCUT2D eigenvalue weighted by atomic mass is 10.3. The van der Waals surface area contributed by atoms with Gasteiger partial charge in [-0.2, -0.15) is 0 Å². The van der Waals surface area contributed by atoms with Crippen LogP contribution in [0.4, 0.5) is 5.69 Å². The van der Waals surface area contributed by atoms with E-state index in [9.17, 15) is 0 Å².